The summed E-state index contributed by atoms with van der Waals surface area (Å²) in [6.07, 6.45) is 3.13. The molecule has 0 aromatic heterocycles. The van der Waals surface area contributed by atoms with Crippen LogP contribution in [0.4, 0.5) is 10.5 Å². The molecule has 2 heterocycles. The first-order valence-corrected chi connectivity index (χ1v) is 10.8. The van der Waals surface area contributed by atoms with E-state index in [1.165, 1.54) is 0 Å². The maximum atomic E-state index is 12.4. The first-order chi connectivity index (χ1) is 14.6. The molecule has 2 N–H and O–H groups in total. The van der Waals surface area contributed by atoms with Crippen molar-refractivity contribution < 1.29 is 14.3 Å². The van der Waals surface area contributed by atoms with E-state index in [0.717, 1.165) is 54.9 Å². The lowest BCUT2D eigenvalue weighted by atomic mass is 9.98. The lowest BCUT2D eigenvalue weighted by Crippen LogP contribution is -2.44. The van der Waals surface area contributed by atoms with Crippen molar-refractivity contribution in [2.75, 3.05) is 25.0 Å². The molecule has 3 amide bonds. The van der Waals surface area contributed by atoms with Crippen molar-refractivity contribution in [2.24, 2.45) is 5.92 Å². The molecule has 2 aromatic carbocycles. The van der Waals surface area contributed by atoms with Gasteiger partial charge in [-0.3, -0.25) is 4.79 Å². The molecule has 0 spiro atoms. The number of amides is 3. The number of carbonyl (C=O) groups is 2. The molecule has 2 aromatic rings. The molecular formula is C23H26ClN3O3. The zero-order chi connectivity index (χ0) is 20.9. The van der Waals surface area contributed by atoms with Crippen molar-refractivity contribution in [3.8, 4) is 5.75 Å². The highest BCUT2D eigenvalue weighted by molar-refractivity contribution is 6.30. The van der Waals surface area contributed by atoms with Crippen LogP contribution in [0.25, 0.3) is 0 Å². The van der Waals surface area contributed by atoms with Crippen molar-refractivity contribution in [3.63, 3.8) is 0 Å². The number of benzene rings is 2. The van der Waals surface area contributed by atoms with Gasteiger partial charge in [-0.2, -0.15) is 0 Å². The van der Waals surface area contributed by atoms with Gasteiger partial charge in [0, 0.05) is 36.8 Å². The van der Waals surface area contributed by atoms with E-state index in [1.807, 2.05) is 47.4 Å². The summed E-state index contributed by atoms with van der Waals surface area (Å²) in [5.41, 5.74) is 3.04. The van der Waals surface area contributed by atoms with Crippen molar-refractivity contribution in [3.05, 3.63) is 58.6 Å². The molecule has 0 aliphatic carbocycles. The molecular weight excluding hydrogens is 402 g/mol. The number of anilines is 1. The maximum Gasteiger partial charge on any atom is 0.317 e. The normalized spacial score (nSPS) is 16.6. The Balaban J connectivity index is 1.19. The van der Waals surface area contributed by atoms with E-state index < -0.39 is 0 Å². The molecule has 1 fully saturated rings. The van der Waals surface area contributed by atoms with Crippen molar-refractivity contribution in [1.29, 1.82) is 0 Å². The van der Waals surface area contributed by atoms with Gasteiger partial charge in [0.1, 0.15) is 5.75 Å². The molecule has 6 nitrogen and oxygen atoms in total. The molecule has 0 atom stereocenters. The number of urea groups is 1. The Morgan fingerprint density at radius 2 is 1.90 bits per heavy atom. The summed E-state index contributed by atoms with van der Waals surface area (Å²) in [4.78, 5) is 25.7. The van der Waals surface area contributed by atoms with E-state index >= 15 is 0 Å². The van der Waals surface area contributed by atoms with E-state index in [-0.39, 0.29) is 11.9 Å². The van der Waals surface area contributed by atoms with Crippen LogP contribution in [-0.4, -0.2) is 36.5 Å². The van der Waals surface area contributed by atoms with Crippen molar-refractivity contribution >= 4 is 29.2 Å². The number of aryl methyl sites for hydroxylation is 1. The van der Waals surface area contributed by atoms with Crippen LogP contribution in [0.1, 0.15) is 30.4 Å². The smallest absolute Gasteiger partial charge is 0.317 e. The van der Waals surface area contributed by atoms with Gasteiger partial charge in [-0.05, 0) is 66.6 Å². The summed E-state index contributed by atoms with van der Waals surface area (Å²) in [5.74, 6) is 1.34. The Morgan fingerprint density at radius 1 is 1.13 bits per heavy atom. The van der Waals surface area contributed by atoms with Gasteiger partial charge in [0.2, 0.25) is 5.91 Å². The highest BCUT2D eigenvalue weighted by atomic mass is 35.5. The van der Waals surface area contributed by atoms with Gasteiger partial charge < -0.3 is 20.3 Å². The Kier molecular flexibility index (Phi) is 6.43. The molecule has 30 heavy (non-hydrogen) atoms. The lowest BCUT2D eigenvalue weighted by molar-refractivity contribution is -0.116. The third-order valence-corrected chi connectivity index (χ3v) is 5.97. The molecule has 0 unspecified atom stereocenters. The summed E-state index contributed by atoms with van der Waals surface area (Å²) in [6, 6.07) is 13.3. The number of carbonyl (C=O) groups excluding carboxylic acids is 2. The number of rotatable bonds is 5. The fourth-order valence-corrected chi connectivity index (χ4v) is 3.98. The number of nitrogens with one attached hydrogen (secondary N) is 2. The fourth-order valence-electron chi connectivity index (χ4n) is 3.86. The number of hydrogen-bond donors (Lipinski definition) is 2. The zero-order valence-corrected chi connectivity index (χ0v) is 17.6. The Bertz CT molecular complexity index is 908. The molecule has 1 saturated heterocycles. The summed E-state index contributed by atoms with van der Waals surface area (Å²) < 4.78 is 6.01. The van der Waals surface area contributed by atoms with Crippen LogP contribution in [0, 0.1) is 5.92 Å². The quantitative estimate of drug-likeness (QED) is 0.750. The molecule has 0 bridgehead atoms. The van der Waals surface area contributed by atoms with Gasteiger partial charge in [-0.15, -0.1) is 0 Å². The number of halogens is 1. The number of nitrogens with zero attached hydrogens (tertiary/aromatic N) is 1. The van der Waals surface area contributed by atoms with Gasteiger partial charge in [-0.1, -0.05) is 23.7 Å². The molecule has 158 valence electrons. The first-order valence-electron chi connectivity index (χ1n) is 10.4. The SMILES string of the molecule is O=C1CCc2cc(OCC3CCN(C(=O)NCc4ccc(Cl)cc4)CC3)ccc2N1. The standard InChI is InChI=1S/C23H26ClN3O3/c24-19-4-1-16(2-5-19)14-25-23(29)27-11-9-17(10-12-27)15-30-20-6-7-21-18(13-20)3-8-22(28)26-21/h1-2,4-7,13,17H,3,8-12,14-15H2,(H,25,29)(H,26,28). The Labute approximate surface area is 181 Å². The van der Waals surface area contributed by atoms with Crippen LogP contribution in [-0.2, 0) is 17.8 Å². The van der Waals surface area contributed by atoms with Crippen molar-refractivity contribution in [1.82, 2.24) is 10.2 Å². The van der Waals surface area contributed by atoms with Crippen LogP contribution >= 0.6 is 11.6 Å². The third-order valence-electron chi connectivity index (χ3n) is 5.72. The minimum Gasteiger partial charge on any atom is -0.493 e. The average molecular weight is 428 g/mol. The second-order valence-electron chi connectivity index (χ2n) is 7.89. The topological polar surface area (TPSA) is 70.7 Å². The number of ether oxygens (including phenoxy) is 1. The predicted octanol–water partition coefficient (Wildman–Crippen LogP) is 4.23. The summed E-state index contributed by atoms with van der Waals surface area (Å²) >= 11 is 5.89. The summed E-state index contributed by atoms with van der Waals surface area (Å²) in [5, 5.41) is 6.55. The van der Waals surface area contributed by atoms with Gasteiger partial charge in [0.05, 0.1) is 6.61 Å². The van der Waals surface area contributed by atoms with Gasteiger partial charge in [0.25, 0.3) is 0 Å². The number of hydrogen-bond acceptors (Lipinski definition) is 3. The first kappa shape index (κ1) is 20.5. The van der Waals surface area contributed by atoms with E-state index in [2.05, 4.69) is 10.6 Å². The van der Waals surface area contributed by atoms with Gasteiger partial charge in [0.15, 0.2) is 0 Å². The largest absolute Gasteiger partial charge is 0.493 e. The molecule has 0 radical (unpaired) electrons. The second-order valence-corrected chi connectivity index (χ2v) is 8.33. The summed E-state index contributed by atoms with van der Waals surface area (Å²) in [6.45, 7) is 2.61. The third kappa shape index (κ3) is 5.25. The molecule has 0 saturated carbocycles. The van der Waals surface area contributed by atoms with E-state index in [1.54, 1.807) is 0 Å². The minimum atomic E-state index is -0.0268. The highest BCUT2D eigenvalue weighted by Crippen LogP contribution is 2.27. The maximum absolute atomic E-state index is 12.4. The Hall–Kier alpha value is -2.73. The number of piperidine rings is 1. The van der Waals surface area contributed by atoms with Crippen LogP contribution in [0.15, 0.2) is 42.5 Å². The van der Waals surface area contributed by atoms with Gasteiger partial charge in [-0.25, -0.2) is 4.79 Å². The zero-order valence-electron chi connectivity index (χ0n) is 16.8. The van der Waals surface area contributed by atoms with Crippen LogP contribution in [0.5, 0.6) is 5.75 Å². The predicted molar refractivity (Wildman–Crippen MR) is 117 cm³/mol. The number of fused-ring (bicyclic) bond motifs is 1. The van der Waals surface area contributed by atoms with Crippen LogP contribution in [0.2, 0.25) is 5.02 Å². The average Bonchev–Trinajstić information content (AvgIpc) is 2.77. The van der Waals surface area contributed by atoms with Gasteiger partial charge >= 0.3 is 6.03 Å². The van der Waals surface area contributed by atoms with E-state index in [0.29, 0.717) is 30.5 Å². The lowest BCUT2D eigenvalue weighted by Gasteiger charge is -2.32. The second kappa shape index (κ2) is 9.39. The van der Waals surface area contributed by atoms with Crippen LogP contribution in [0.3, 0.4) is 0 Å². The van der Waals surface area contributed by atoms with E-state index in [4.69, 9.17) is 16.3 Å². The van der Waals surface area contributed by atoms with E-state index in [9.17, 15) is 9.59 Å². The number of likely N-dealkylation sites (tertiary alicyclic amines) is 1. The van der Waals surface area contributed by atoms with Crippen molar-refractivity contribution in [2.45, 2.75) is 32.2 Å². The molecule has 7 heteroatoms. The van der Waals surface area contributed by atoms with Crippen LogP contribution < -0.4 is 15.4 Å². The highest BCUT2D eigenvalue weighted by Gasteiger charge is 2.23. The molecule has 2 aliphatic heterocycles. The molecule has 2 aliphatic rings. The summed E-state index contributed by atoms with van der Waals surface area (Å²) in [7, 11) is 0. The Morgan fingerprint density at radius 3 is 2.67 bits per heavy atom. The fraction of sp³-hybridized carbons (Fsp3) is 0.391. The monoisotopic (exact) mass is 427 g/mol. The minimum absolute atomic E-state index is 0.0268. The molecule has 4 rings (SSSR count).